The standard InChI is InChI=1S/C24H30N2O4S/c1-4-15-26(21-12-11-19-7-5-6-8-20(19)17-21)24(27)14-10-18-9-13-22(30-3)23(16-18)31(28,29)25-2/h5-10,13-14,16,21,25H,4,11-12,15,17H2,1-3H3/b14-10+. The molecule has 0 radical (unpaired) electrons. The van der Waals surface area contributed by atoms with Gasteiger partial charge in [0.2, 0.25) is 15.9 Å². The predicted molar refractivity (Wildman–Crippen MR) is 123 cm³/mol. The molecule has 0 saturated carbocycles. The first-order valence-electron chi connectivity index (χ1n) is 10.6. The molecule has 6 nitrogen and oxygen atoms in total. The Labute approximate surface area is 185 Å². The van der Waals surface area contributed by atoms with E-state index in [-0.39, 0.29) is 22.6 Å². The highest BCUT2D eigenvalue weighted by Gasteiger charge is 2.26. The topological polar surface area (TPSA) is 75.7 Å². The molecule has 0 heterocycles. The molecule has 0 bridgehead atoms. The molecular weight excluding hydrogens is 412 g/mol. The Kier molecular flexibility index (Phi) is 7.51. The van der Waals surface area contributed by atoms with E-state index in [4.69, 9.17) is 4.74 Å². The highest BCUT2D eigenvalue weighted by atomic mass is 32.2. The van der Waals surface area contributed by atoms with Crippen LogP contribution in [-0.2, 0) is 27.7 Å². The zero-order chi connectivity index (χ0) is 22.4. The van der Waals surface area contributed by atoms with E-state index in [1.54, 1.807) is 18.2 Å². The number of aryl methyl sites for hydroxylation is 1. The van der Waals surface area contributed by atoms with Gasteiger partial charge in [0.25, 0.3) is 0 Å². The molecule has 1 unspecified atom stereocenters. The molecule has 31 heavy (non-hydrogen) atoms. The summed E-state index contributed by atoms with van der Waals surface area (Å²) in [5.74, 6) is 0.200. The number of carbonyl (C=O) groups excluding carboxylic acids is 1. The summed E-state index contributed by atoms with van der Waals surface area (Å²) < 4.78 is 32.0. The summed E-state index contributed by atoms with van der Waals surface area (Å²) in [6.07, 6.45) is 6.86. The minimum atomic E-state index is -3.68. The summed E-state index contributed by atoms with van der Waals surface area (Å²) >= 11 is 0. The van der Waals surface area contributed by atoms with Crippen LogP contribution in [0.1, 0.15) is 36.5 Å². The van der Waals surface area contributed by atoms with Crippen molar-refractivity contribution in [1.29, 1.82) is 0 Å². The van der Waals surface area contributed by atoms with Gasteiger partial charge in [-0.3, -0.25) is 4.79 Å². The number of fused-ring (bicyclic) bond motifs is 1. The molecule has 2 aromatic carbocycles. The van der Waals surface area contributed by atoms with Gasteiger partial charge in [-0.15, -0.1) is 0 Å². The summed E-state index contributed by atoms with van der Waals surface area (Å²) in [7, 11) is -0.899. The number of methoxy groups -OCH3 is 1. The molecule has 0 aromatic heterocycles. The average Bonchev–Trinajstić information content (AvgIpc) is 2.80. The maximum atomic E-state index is 13.1. The Morgan fingerprint density at radius 2 is 1.97 bits per heavy atom. The van der Waals surface area contributed by atoms with Crippen molar-refractivity contribution in [3.05, 3.63) is 65.2 Å². The van der Waals surface area contributed by atoms with Crippen LogP contribution in [0.2, 0.25) is 0 Å². The van der Waals surface area contributed by atoms with Crippen LogP contribution in [-0.4, -0.2) is 46.0 Å². The number of nitrogens with one attached hydrogen (secondary N) is 1. The van der Waals surface area contributed by atoms with Crippen LogP contribution >= 0.6 is 0 Å². The van der Waals surface area contributed by atoms with Crippen molar-refractivity contribution in [2.24, 2.45) is 0 Å². The fraction of sp³-hybridized carbons (Fsp3) is 0.375. The van der Waals surface area contributed by atoms with E-state index in [2.05, 4.69) is 29.8 Å². The maximum Gasteiger partial charge on any atom is 0.246 e. The van der Waals surface area contributed by atoms with Crippen LogP contribution in [0, 0.1) is 0 Å². The quantitative estimate of drug-likeness (QED) is 0.636. The average molecular weight is 443 g/mol. The predicted octanol–water partition coefficient (Wildman–Crippen LogP) is 3.41. The lowest BCUT2D eigenvalue weighted by Crippen LogP contribution is -2.43. The van der Waals surface area contributed by atoms with E-state index >= 15 is 0 Å². The number of ether oxygens (including phenoxy) is 1. The Bertz CT molecular complexity index is 1060. The van der Waals surface area contributed by atoms with Crippen LogP contribution in [0.15, 0.2) is 53.4 Å². The van der Waals surface area contributed by atoms with E-state index < -0.39 is 10.0 Å². The van der Waals surface area contributed by atoms with E-state index in [0.717, 1.165) is 25.7 Å². The first-order chi connectivity index (χ1) is 14.9. The molecule has 7 heteroatoms. The molecule has 0 saturated heterocycles. The zero-order valence-electron chi connectivity index (χ0n) is 18.3. The van der Waals surface area contributed by atoms with Crippen LogP contribution in [0.4, 0.5) is 0 Å². The molecule has 1 amide bonds. The van der Waals surface area contributed by atoms with Crippen molar-refractivity contribution in [3.63, 3.8) is 0 Å². The third kappa shape index (κ3) is 5.35. The number of rotatable bonds is 8. The Balaban J connectivity index is 1.81. The van der Waals surface area contributed by atoms with Crippen molar-refractivity contribution in [2.45, 2.75) is 43.5 Å². The van der Waals surface area contributed by atoms with Crippen molar-refractivity contribution >= 4 is 22.0 Å². The number of amides is 1. The van der Waals surface area contributed by atoms with E-state index in [9.17, 15) is 13.2 Å². The summed E-state index contributed by atoms with van der Waals surface area (Å²) in [6, 6.07) is 13.4. The van der Waals surface area contributed by atoms with Gasteiger partial charge in [0.15, 0.2) is 0 Å². The van der Waals surface area contributed by atoms with Crippen LogP contribution in [0.25, 0.3) is 6.08 Å². The van der Waals surface area contributed by atoms with E-state index in [1.807, 2.05) is 11.0 Å². The van der Waals surface area contributed by atoms with Gasteiger partial charge in [-0.1, -0.05) is 37.3 Å². The Hall–Kier alpha value is -2.64. The van der Waals surface area contributed by atoms with Crippen molar-refractivity contribution in [1.82, 2.24) is 9.62 Å². The minimum Gasteiger partial charge on any atom is -0.495 e. The van der Waals surface area contributed by atoms with Gasteiger partial charge in [-0.05, 0) is 67.6 Å². The number of hydrogen-bond donors (Lipinski definition) is 1. The van der Waals surface area contributed by atoms with Gasteiger partial charge in [0.1, 0.15) is 10.6 Å². The first kappa shape index (κ1) is 23.0. The van der Waals surface area contributed by atoms with Crippen molar-refractivity contribution in [2.75, 3.05) is 20.7 Å². The SMILES string of the molecule is CCCN(C(=O)/C=C/c1ccc(OC)c(S(=O)(=O)NC)c1)C1CCc2ccccc2C1. The molecule has 0 fully saturated rings. The first-order valence-corrected chi connectivity index (χ1v) is 12.0. The number of nitrogens with zero attached hydrogens (tertiary/aromatic N) is 1. The monoisotopic (exact) mass is 442 g/mol. The number of hydrogen-bond acceptors (Lipinski definition) is 4. The molecule has 2 aromatic rings. The molecule has 3 rings (SSSR count). The van der Waals surface area contributed by atoms with Gasteiger partial charge >= 0.3 is 0 Å². The molecule has 1 aliphatic rings. The number of carbonyl (C=O) groups is 1. The lowest BCUT2D eigenvalue weighted by atomic mass is 9.87. The van der Waals surface area contributed by atoms with Crippen molar-refractivity contribution in [3.8, 4) is 5.75 Å². The minimum absolute atomic E-state index is 0.0430. The van der Waals surface area contributed by atoms with Gasteiger partial charge in [-0.25, -0.2) is 13.1 Å². The molecule has 1 atom stereocenters. The van der Waals surface area contributed by atoms with Gasteiger partial charge < -0.3 is 9.64 Å². The van der Waals surface area contributed by atoms with Crippen LogP contribution < -0.4 is 9.46 Å². The van der Waals surface area contributed by atoms with Crippen molar-refractivity contribution < 1.29 is 17.9 Å². The van der Waals surface area contributed by atoms with Crippen LogP contribution in [0.3, 0.4) is 0 Å². The Morgan fingerprint density at radius 1 is 1.23 bits per heavy atom. The highest BCUT2D eigenvalue weighted by Crippen LogP contribution is 2.27. The van der Waals surface area contributed by atoms with Crippen LogP contribution in [0.5, 0.6) is 5.75 Å². The zero-order valence-corrected chi connectivity index (χ0v) is 19.1. The summed E-state index contributed by atoms with van der Waals surface area (Å²) in [5, 5.41) is 0. The van der Waals surface area contributed by atoms with Gasteiger partial charge in [-0.2, -0.15) is 0 Å². The van der Waals surface area contributed by atoms with Gasteiger partial charge in [0.05, 0.1) is 7.11 Å². The smallest absolute Gasteiger partial charge is 0.246 e. The van der Waals surface area contributed by atoms with E-state index in [1.165, 1.54) is 37.4 Å². The summed E-state index contributed by atoms with van der Waals surface area (Å²) in [5.41, 5.74) is 3.30. The summed E-state index contributed by atoms with van der Waals surface area (Å²) in [6.45, 7) is 2.76. The Morgan fingerprint density at radius 3 is 2.65 bits per heavy atom. The number of sulfonamides is 1. The lowest BCUT2D eigenvalue weighted by Gasteiger charge is -2.34. The second-order valence-corrected chi connectivity index (χ2v) is 9.50. The fourth-order valence-electron chi connectivity index (χ4n) is 4.04. The normalized spacial score (nSPS) is 16.2. The third-order valence-corrected chi connectivity index (χ3v) is 7.11. The molecular formula is C24H30N2O4S. The second kappa shape index (κ2) is 10.1. The van der Waals surface area contributed by atoms with E-state index in [0.29, 0.717) is 12.1 Å². The largest absolute Gasteiger partial charge is 0.495 e. The third-order valence-electron chi connectivity index (χ3n) is 5.67. The molecule has 1 aliphatic carbocycles. The molecule has 0 aliphatic heterocycles. The molecule has 166 valence electrons. The second-order valence-electron chi connectivity index (χ2n) is 7.65. The highest BCUT2D eigenvalue weighted by molar-refractivity contribution is 7.89. The molecule has 0 spiro atoms. The lowest BCUT2D eigenvalue weighted by molar-refractivity contribution is -0.128. The number of benzene rings is 2. The molecule has 1 N–H and O–H groups in total. The maximum absolute atomic E-state index is 13.1. The van der Waals surface area contributed by atoms with Gasteiger partial charge in [0, 0.05) is 18.7 Å². The summed E-state index contributed by atoms with van der Waals surface area (Å²) in [4.78, 5) is 15.1. The fourth-order valence-corrected chi connectivity index (χ4v) is 4.97.